The monoisotopic (exact) mass is 295 g/mol. The Morgan fingerprint density at radius 3 is 2.70 bits per heavy atom. The van der Waals surface area contributed by atoms with Gasteiger partial charge in [0, 0.05) is 11.1 Å². The fourth-order valence-corrected chi connectivity index (χ4v) is 2.48. The summed E-state index contributed by atoms with van der Waals surface area (Å²) in [4.78, 5) is 23.8. The van der Waals surface area contributed by atoms with Crippen LogP contribution < -0.4 is 5.32 Å². The third-order valence-corrected chi connectivity index (χ3v) is 3.65. The molecule has 2 rings (SSSR count). The molecule has 0 spiro atoms. The van der Waals surface area contributed by atoms with E-state index >= 15 is 0 Å². The fraction of sp³-hybridized carbons (Fsp3) is 0.467. The first-order valence-electron chi connectivity index (χ1n) is 6.83. The number of rotatable bonds is 4. The SMILES string of the molecule is C[C@H](OC(=O)c1cccc(Cl)c1)C(=O)NC1CCCC1. The van der Waals surface area contributed by atoms with Gasteiger partial charge in [0.2, 0.25) is 0 Å². The summed E-state index contributed by atoms with van der Waals surface area (Å²) in [6, 6.07) is 6.69. The summed E-state index contributed by atoms with van der Waals surface area (Å²) in [6.45, 7) is 1.58. The van der Waals surface area contributed by atoms with Crippen LogP contribution in [-0.2, 0) is 9.53 Å². The molecule has 108 valence electrons. The zero-order valence-electron chi connectivity index (χ0n) is 11.4. The fourth-order valence-electron chi connectivity index (χ4n) is 2.29. The van der Waals surface area contributed by atoms with Gasteiger partial charge >= 0.3 is 5.97 Å². The molecule has 1 amide bonds. The molecule has 0 heterocycles. The van der Waals surface area contributed by atoms with E-state index in [2.05, 4.69) is 5.32 Å². The average molecular weight is 296 g/mol. The van der Waals surface area contributed by atoms with Crippen LogP contribution in [-0.4, -0.2) is 24.0 Å². The molecule has 0 aromatic heterocycles. The van der Waals surface area contributed by atoms with Gasteiger partial charge in [0.05, 0.1) is 5.56 Å². The lowest BCUT2D eigenvalue weighted by Gasteiger charge is -2.17. The molecule has 0 bridgehead atoms. The first-order chi connectivity index (χ1) is 9.56. The van der Waals surface area contributed by atoms with Crippen molar-refractivity contribution in [3.63, 3.8) is 0 Å². The normalized spacial score (nSPS) is 16.7. The Labute approximate surface area is 123 Å². The van der Waals surface area contributed by atoms with Crippen molar-refractivity contribution in [2.24, 2.45) is 0 Å². The highest BCUT2D eigenvalue weighted by Crippen LogP contribution is 2.18. The van der Waals surface area contributed by atoms with Gasteiger partial charge in [-0.05, 0) is 38.0 Å². The Morgan fingerprint density at radius 2 is 2.05 bits per heavy atom. The van der Waals surface area contributed by atoms with Gasteiger partial charge in [0.25, 0.3) is 5.91 Å². The van der Waals surface area contributed by atoms with Crippen LogP contribution in [0.25, 0.3) is 0 Å². The number of benzene rings is 1. The smallest absolute Gasteiger partial charge is 0.338 e. The van der Waals surface area contributed by atoms with Crippen molar-refractivity contribution in [1.29, 1.82) is 0 Å². The van der Waals surface area contributed by atoms with E-state index in [-0.39, 0.29) is 11.9 Å². The highest BCUT2D eigenvalue weighted by Gasteiger charge is 2.23. The Balaban J connectivity index is 1.88. The van der Waals surface area contributed by atoms with Crippen molar-refractivity contribution in [2.75, 3.05) is 0 Å². The molecule has 1 saturated carbocycles. The molecule has 1 aromatic carbocycles. The first-order valence-corrected chi connectivity index (χ1v) is 7.21. The Bertz CT molecular complexity index is 498. The zero-order valence-corrected chi connectivity index (χ0v) is 12.2. The van der Waals surface area contributed by atoms with Crippen LogP contribution in [0.1, 0.15) is 43.0 Å². The minimum atomic E-state index is -0.804. The molecule has 1 aliphatic carbocycles. The van der Waals surface area contributed by atoms with Gasteiger partial charge in [-0.2, -0.15) is 0 Å². The molecule has 1 aliphatic rings. The van der Waals surface area contributed by atoms with E-state index in [0.29, 0.717) is 10.6 Å². The van der Waals surface area contributed by atoms with Crippen molar-refractivity contribution in [3.05, 3.63) is 34.9 Å². The van der Waals surface area contributed by atoms with E-state index in [1.54, 1.807) is 25.1 Å². The summed E-state index contributed by atoms with van der Waals surface area (Å²) in [5, 5.41) is 3.37. The summed E-state index contributed by atoms with van der Waals surface area (Å²) in [5.74, 6) is -0.783. The third kappa shape index (κ3) is 3.97. The van der Waals surface area contributed by atoms with Gasteiger partial charge in [-0.3, -0.25) is 4.79 Å². The molecule has 0 radical (unpaired) electrons. The van der Waals surface area contributed by atoms with Gasteiger partial charge in [-0.15, -0.1) is 0 Å². The number of amides is 1. The van der Waals surface area contributed by atoms with Crippen LogP contribution in [0.5, 0.6) is 0 Å². The minimum absolute atomic E-state index is 0.217. The number of esters is 1. The number of hydrogen-bond acceptors (Lipinski definition) is 3. The summed E-state index contributed by atoms with van der Waals surface area (Å²) < 4.78 is 5.15. The van der Waals surface area contributed by atoms with Gasteiger partial charge in [-0.25, -0.2) is 4.79 Å². The van der Waals surface area contributed by atoms with Crippen LogP contribution in [0.15, 0.2) is 24.3 Å². The predicted molar refractivity (Wildman–Crippen MR) is 76.7 cm³/mol. The number of ether oxygens (including phenoxy) is 1. The average Bonchev–Trinajstić information content (AvgIpc) is 2.91. The number of carbonyl (C=O) groups excluding carboxylic acids is 2. The molecule has 1 N–H and O–H groups in total. The van der Waals surface area contributed by atoms with E-state index in [1.165, 1.54) is 6.07 Å². The minimum Gasteiger partial charge on any atom is -0.449 e. The molecule has 0 unspecified atom stereocenters. The Morgan fingerprint density at radius 1 is 1.35 bits per heavy atom. The van der Waals surface area contributed by atoms with Crippen LogP contribution >= 0.6 is 11.6 Å². The standard InChI is InChI=1S/C15H18ClNO3/c1-10(14(18)17-13-7-2-3-8-13)20-15(19)11-5-4-6-12(16)9-11/h4-6,9-10,13H,2-3,7-8H2,1H3,(H,17,18)/t10-/m0/s1. The van der Waals surface area contributed by atoms with Crippen molar-refractivity contribution < 1.29 is 14.3 Å². The summed E-state index contributed by atoms with van der Waals surface area (Å²) in [6.07, 6.45) is 3.48. The predicted octanol–water partition coefficient (Wildman–Crippen LogP) is 2.94. The zero-order chi connectivity index (χ0) is 14.5. The Hall–Kier alpha value is -1.55. The molecule has 5 heteroatoms. The van der Waals surface area contributed by atoms with E-state index in [4.69, 9.17) is 16.3 Å². The van der Waals surface area contributed by atoms with Gasteiger partial charge in [0.1, 0.15) is 0 Å². The van der Waals surface area contributed by atoms with Crippen molar-refractivity contribution in [2.45, 2.75) is 44.8 Å². The number of carbonyl (C=O) groups is 2. The van der Waals surface area contributed by atoms with Crippen molar-refractivity contribution in [3.8, 4) is 0 Å². The van der Waals surface area contributed by atoms with Crippen LogP contribution in [0.4, 0.5) is 0 Å². The third-order valence-electron chi connectivity index (χ3n) is 3.41. The van der Waals surface area contributed by atoms with Crippen LogP contribution in [0, 0.1) is 0 Å². The van der Waals surface area contributed by atoms with Crippen LogP contribution in [0.3, 0.4) is 0 Å². The molecule has 1 atom stereocenters. The summed E-state index contributed by atoms with van der Waals surface area (Å²) >= 11 is 5.81. The topological polar surface area (TPSA) is 55.4 Å². The van der Waals surface area contributed by atoms with E-state index in [0.717, 1.165) is 25.7 Å². The highest BCUT2D eigenvalue weighted by molar-refractivity contribution is 6.30. The van der Waals surface area contributed by atoms with Crippen molar-refractivity contribution in [1.82, 2.24) is 5.32 Å². The van der Waals surface area contributed by atoms with Gasteiger partial charge in [0.15, 0.2) is 6.10 Å². The maximum atomic E-state index is 11.9. The molecule has 1 aromatic rings. The van der Waals surface area contributed by atoms with Crippen molar-refractivity contribution >= 4 is 23.5 Å². The molecule has 1 fully saturated rings. The number of hydrogen-bond donors (Lipinski definition) is 1. The summed E-state index contributed by atoms with van der Waals surface area (Å²) in [7, 11) is 0. The maximum absolute atomic E-state index is 11.9. The molecule has 20 heavy (non-hydrogen) atoms. The molecular weight excluding hydrogens is 278 g/mol. The molecule has 0 aliphatic heterocycles. The van der Waals surface area contributed by atoms with Crippen LogP contribution in [0.2, 0.25) is 5.02 Å². The number of nitrogens with one attached hydrogen (secondary N) is 1. The first kappa shape index (κ1) is 14.9. The molecule has 0 saturated heterocycles. The highest BCUT2D eigenvalue weighted by atomic mass is 35.5. The van der Waals surface area contributed by atoms with E-state index in [9.17, 15) is 9.59 Å². The lowest BCUT2D eigenvalue weighted by molar-refractivity contribution is -0.129. The largest absolute Gasteiger partial charge is 0.449 e. The molecular formula is C15H18ClNO3. The Kier molecular flexibility index (Phi) is 5.01. The summed E-state index contributed by atoms with van der Waals surface area (Å²) in [5.41, 5.74) is 0.345. The van der Waals surface area contributed by atoms with E-state index < -0.39 is 12.1 Å². The lowest BCUT2D eigenvalue weighted by atomic mass is 10.2. The quantitative estimate of drug-likeness (QED) is 0.869. The van der Waals surface area contributed by atoms with Gasteiger partial charge in [-0.1, -0.05) is 30.5 Å². The van der Waals surface area contributed by atoms with Gasteiger partial charge < -0.3 is 10.1 Å². The molecule has 4 nitrogen and oxygen atoms in total. The lowest BCUT2D eigenvalue weighted by Crippen LogP contribution is -2.40. The second-order valence-electron chi connectivity index (χ2n) is 5.05. The maximum Gasteiger partial charge on any atom is 0.338 e. The number of halogens is 1. The van der Waals surface area contributed by atoms with E-state index in [1.807, 2.05) is 0 Å². The second-order valence-corrected chi connectivity index (χ2v) is 5.48. The second kappa shape index (κ2) is 6.75.